The molecule has 5 nitrogen and oxygen atoms in total. The van der Waals surface area contributed by atoms with Crippen LogP contribution in [0.4, 0.5) is 0 Å². The van der Waals surface area contributed by atoms with E-state index in [9.17, 15) is 0 Å². The average molecular weight is 276 g/mol. The van der Waals surface area contributed by atoms with Crippen molar-refractivity contribution in [3.63, 3.8) is 0 Å². The molecular weight excluding hydrogens is 252 g/mol. The van der Waals surface area contributed by atoms with Crippen molar-refractivity contribution in [2.45, 2.75) is 19.8 Å². The number of nitrogens with two attached hydrogens (primary N) is 1. The largest absolute Gasteiger partial charge is 0.490 e. The van der Waals surface area contributed by atoms with Crippen LogP contribution in [0, 0.1) is 6.92 Å². The number of hydrogen-bond donors (Lipinski definition) is 1. The van der Waals surface area contributed by atoms with Crippen molar-refractivity contribution in [3.05, 3.63) is 29.7 Å². The van der Waals surface area contributed by atoms with Gasteiger partial charge in [0.1, 0.15) is 0 Å². The predicted molar refractivity (Wildman–Crippen MR) is 81.4 cm³/mol. The normalized spacial score (nSPS) is 11.4. The summed E-state index contributed by atoms with van der Waals surface area (Å²) in [4.78, 5) is 6.77. The minimum atomic E-state index is 0.628. The Balaban J connectivity index is 2.15. The molecule has 0 amide bonds. The second kappa shape index (κ2) is 6.72. The van der Waals surface area contributed by atoms with Crippen molar-refractivity contribution in [2.75, 3.05) is 33.8 Å². The summed E-state index contributed by atoms with van der Waals surface area (Å²) in [6.45, 7) is 4.38. The van der Waals surface area contributed by atoms with Crippen molar-refractivity contribution in [1.82, 2.24) is 14.3 Å². The Kier molecular flexibility index (Phi) is 4.98. The molecule has 0 fully saturated rings. The number of aromatic nitrogens is 2. The van der Waals surface area contributed by atoms with Crippen molar-refractivity contribution in [1.29, 1.82) is 0 Å². The molecule has 2 N–H and O–H groups in total. The van der Waals surface area contributed by atoms with E-state index in [1.54, 1.807) is 0 Å². The number of aryl methyl sites for hydroxylation is 1. The van der Waals surface area contributed by atoms with Gasteiger partial charge in [0.05, 0.1) is 12.3 Å². The van der Waals surface area contributed by atoms with Crippen molar-refractivity contribution in [3.8, 4) is 5.75 Å². The lowest BCUT2D eigenvalue weighted by atomic mass is 10.2. The molecule has 0 aromatic carbocycles. The first-order valence-electron chi connectivity index (χ1n) is 7.07. The minimum Gasteiger partial charge on any atom is -0.490 e. The fraction of sp³-hybridized carbons (Fsp3) is 0.533. The van der Waals surface area contributed by atoms with Crippen LogP contribution in [0.5, 0.6) is 5.75 Å². The van der Waals surface area contributed by atoms with Crippen molar-refractivity contribution >= 4 is 5.65 Å². The molecule has 0 radical (unpaired) electrons. The third-order valence-electron chi connectivity index (χ3n) is 3.30. The van der Waals surface area contributed by atoms with Crippen LogP contribution in [-0.4, -0.2) is 48.1 Å². The molecule has 0 spiro atoms. The second-order valence-electron chi connectivity index (χ2n) is 5.25. The van der Waals surface area contributed by atoms with Gasteiger partial charge in [-0.25, -0.2) is 4.98 Å². The molecule has 0 bridgehead atoms. The summed E-state index contributed by atoms with van der Waals surface area (Å²) >= 11 is 0. The topological polar surface area (TPSA) is 55.8 Å². The summed E-state index contributed by atoms with van der Waals surface area (Å²) < 4.78 is 7.96. The highest BCUT2D eigenvalue weighted by Crippen LogP contribution is 2.22. The van der Waals surface area contributed by atoms with Gasteiger partial charge in [-0.3, -0.25) is 0 Å². The van der Waals surface area contributed by atoms with Crippen LogP contribution in [0.3, 0.4) is 0 Å². The van der Waals surface area contributed by atoms with E-state index in [0.29, 0.717) is 13.2 Å². The Morgan fingerprint density at radius 2 is 2.20 bits per heavy atom. The van der Waals surface area contributed by atoms with Crippen LogP contribution < -0.4 is 10.5 Å². The summed E-state index contributed by atoms with van der Waals surface area (Å²) in [5.41, 5.74) is 8.75. The first-order valence-corrected chi connectivity index (χ1v) is 7.07. The third-order valence-corrected chi connectivity index (χ3v) is 3.30. The highest BCUT2D eigenvalue weighted by atomic mass is 16.5. The van der Waals surface area contributed by atoms with E-state index in [1.807, 2.05) is 25.3 Å². The summed E-state index contributed by atoms with van der Waals surface area (Å²) in [6, 6.07) is 3.97. The van der Waals surface area contributed by atoms with Crippen LogP contribution in [-0.2, 0) is 6.42 Å². The quantitative estimate of drug-likeness (QED) is 0.778. The molecule has 2 rings (SSSR count). The van der Waals surface area contributed by atoms with Gasteiger partial charge in [0, 0.05) is 24.9 Å². The number of ether oxygens (including phenoxy) is 1. The number of pyridine rings is 1. The number of imidazole rings is 1. The zero-order valence-electron chi connectivity index (χ0n) is 12.6. The molecular formula is C15H24N4O. The molecule has 2 heterocycles. The number of rotatable bonds is 7. The zero-order valence-corrected chi connectivity index (χ0v) is 12.6. The number of fused-ring (bicyclic) bond motifs is 1. The Morgan fingerprint density at radius 1 is 1.40 bits per heavy atom. The van der Waals surface area contributed by atoms with Gasteiger partial charge in [-0.15, -0.1) is 0 Å². The van der Waals surface area contributed by atoms with Gasteiger partial charge >= 0.3 is 0 Å². The van der Waals surface area contributed by atoms with Crippen molar-refractivity contribution in [2.24, 2.45) is 5.73 Å². The highest BCUT2D eigenvalue weighted by Gasteiger charge is 2.11. The zero-order chi connectivity index (χ0) is 14.5. The SMILES string of the molecule is Cc1nc2c(OCCCN(C)C)cccn2c1CCN. The monoisotopic (exact) mass is 276 g/mol. The fourth-order valence-corrected chi connectivity index (χ4v) is 2.32. The van der Waals surface area contributed by atoms with E-state index < -0.39 is 0 Å². The highest BCUT2D eigenvalue weighted by molar-refractivity contribution is 5.56. The summed E-state index contributed by atoms with van der Waals surface area (Å²) in [6.07, 6.45) is 3.85. The molecule has 2 aromatic heterocycles. The van der Waals surface area contributed by atoms with Gasteiger partial charge in [0.15, 0.2) is 11.4 Å². The molecule has 5 heteroatoms. The maximum Gasteiger partial charge on any atom is 0.180 e. The third kappa shape index (κ3) is 3.29. The predicted octanol–water partition coefficient (Wildman–Crippen LogP) is 1.47. The van der Waals surface area contributed by atoms with E-state index in [0.717, 1.165) is 36.5 Å². The second-order valence-corrected chi connectivity index (χ2v) is 5.25. The molecule has 0 unspecified atom stereocenters. The Bertz CT molecular complexity index is 562. The lowest BCUT2D eigenvalue weighted by Crippen LogP contribution is -2.15. The van der Waals surface area contributed by atoms with Crippen LogP contribution in [0.25, 0.3) is 5.65 Å². The van der Waals surface area contributed by atoms with Gasteiger partial charge in [0.2, 0.25) is 0 Å². The lowest BCUT2D eigenvalue weighted by Gasteiger charge is -2.11. The van der Waals surface area contributed by atoms with E-state index >= 15 is 0 Å². The molecule has 0 aliphatic carbocycles. The summed E-state index contributed by atoms with van der Waals surface area (Å²) in [5.74, 6) is 0.845. The van der Waals surface area contributed by atoms with Gasteiger partial charge < -0.3 is 19.8 Å². The van der Waals surface area contributed by atoms with Crippen LogP contribution in [0.2, 0.25) is 0 Å². The van der Waals surface area contributed by atoms with Crippen LogP contribution >= 0.6 is 0 Å². The van der Waals surface area contributed by atoms with E-state index in [1.165, 1.54) is 5.69 Å². The Labute approximate surface area is 120 Å². The molecule has 20 heavy (non-hydrogen) atoms. The van der Waals surface area contributed by atoms with Gasteiger partial charge in [-0.05, 0) is 46.1 Å². The van der Waals surface area contributed by atoms with E-state index in [4.69, 9.17) is 10.5 Å². The summed E-state index contributed by atoms with van der Waals surface area (Å²) in [7, 11) is 4.13. The smallest absolute Gasteiger partial charge is 0.180 e. The minimum absolute atomic E-state index is 0.628. The van der Waals surface area contributed by atoms with E-state index in [2.05, 4.69) is 28.4 Å². The van der Waals surface area contributed by atoms with Crippen LogP contribution in [0.1, 0.15) is 17.8 Å². The summed E-state index contributed by atoms with van der Waals surface area (Å²) in [5, 5.41) is 0. The van der Waals surface area contributed by atoms with E-state index in [-0.39, 0.29) is 0 Å². The Hall–Kier alpha value is -1.59. The Morgan fingerprint density at radius 3 is 2.90 bits per heavy atom. The molecule has 0 saturated carbocycles. The maximum atomic E-state index is 5.87. The lowest BCUT2D eigenvalue weighted by molar-refractivity contribution is 0.283. The fourth-order valence-electron chi connectivity index (χ4n) is 2.32. The molecule has 0 aliphatic rings. The maximum absolute atomic E-state index is 5.87. The number of nitrogens with zero attached hydrogens (tertiary/aromatic N) is 3. The molecule has 0 aliphatic heterocycles. The molecule has 2 aromatic rings. The van der Waals surface area contributed by atoms with Gasteiger partial charge in [-0.1, -0.05) is 0 Å². The average Bonchev–Trinajstić information content (AvgIpc) is 2.73. The van der Waals surface area contributed by atoms with Crippen molar-refractivity contribution < 1.29 is 4.74 Å². The molecule has 0 saturated heterocycles. The van der Waals surface area contributed by atoms with Crippen LogP contribution in [0.15, 0.2) is 18.3 Å². The standard InChI is InChI=1S/C15H24N4O/c1-12-13(7-8-16)19-10-4-6-14(15(19)17-12)20-11-5-9-18(2)3/h4,6,10H,5,7-9,11,16H2,1-3H3. The van der Waals surface area contributed by atoms with Gasteiger partial charge in [-0.2, -0.15) is 0 Å². The first-order chi connectivity index (χ1) is 9.63. The van der Waals surface area contributed by atoms with Gasteiger partial charge in [0.25, 0.3) is 0 Å². The molecule has 0 atom stereocenters. The number of hydrogen-bond acceptors (Lipinski definition) is 4. The molecule has 110 valence electrons. The first kappa shape index (κ1) is 14.8.